The van der Waals surface area contributed by atoms with Gasteiger partial charge in [-0.3, -0.25) is 0 Å². The summed E-state index contributed by atoms with van der Waals surface area (Å²) in [6, 6.07) is 0.0912. The Labute approximate surface area is 120 Å². The van der Waals surface area contributed by atoms with Crippen molar-refractivity contribution in [1.82, 2.24) is 4.90 Å². The van der Waals surface area contributed by atoms with Crippen LogP contribution >= 0.6 is 0 Å². The van der Waals surface area contributed by atoms with Gasteiger partial charge in [-0.05, 0) is 32.3 Å². The molecule has 1 aliphatic heterocycles. The number of likely N-dealkylation sites (tertiary alicyclic amines) is 1. The largest absolute Gasteiger partial charge is 1.00 e. The van der Waals surface area contributed by atoms with Crippen LogP contribution in [0.2, 0.25) is 0 Å². The second kappa shape index (κ2) is 5.51. The van der Waals surface area contributed by atoms with Gasteiger partial charge in [0.1, 0.15) is 0 Å². The Morgan fingerprint density at radius 3 is 2.15 bits per heavy atom. The van der Waals surface area contributed by atoms with Crippen LogP contribution in [0.3, 0.4) is 0 Å². The van der Waals surface area contributed by atoms with Crippen molar-refractivity contribution in [2.45, 2.75) is 26.3 Å². The molecule has 13 heavy (non-hydrogen) atoms. The van der Waals surface area contributed by atoms with E-state index in [1.807, 2.05) is 13.8 Å². The van der Waals surface area contributed by atoms with Crippen molar-refractivity contribution in [2.24, 2.45) is 5.92 Å². The van der Waals surface area contributed by atoms with Crippen molar-refractivity contribution in [3.63, 3.8) is 0 Å². The molecule has 1 heterocycles. The average Bonchev–Trinajstić information content (AvgIpc) is 2.16. The van der Waals surface area contributed by atoms with Gasteiger partial charge in [-0.2, -0.15) is 0 Å². The normalized spacial score (nSPS) is 30.2. The first kappa shape index (κ1) is 14.5. The zero-order valence-corrected chi connectivity index (χ0v) is 11.6. The summed E-state index contributed by atoms with van der Waals surface area (Å²) in [6.07, 6.45) is 0.207. The first-order valence-electron chi connectivity index (χ1n) is 4.35. The van der Waals surface area contributed by atoms with E-state index in [0.29, 0.717) is 12.5 Å². The summed E-state index contributed by atoms with van der Waals surface area (Å²) in [5.41, 5.74) is 0. The van der Waals surface area contributed by atoms with Gasteiger partial charge in [0.25, 0.3) is 0 Å². The monoisotopic (exact) mass is 219 g/mol. The third-order valence-corrected chi connectivity index (χ3v) is 2.71. The van der Waals surface area contributed by atoms with Gasteiger partial charge in [-0.25, -0.2) is 0 Å². The molecule has 0 N–H and O–H groups in total. The Morgan fingerprint density at radius 1 is 1.31 bits per heavy atom. The Bertz CT molecular complexity index is 164. The molecule has 1 nitrogen and oxygen atoms in total. The molecular weight excluding hydrogens is 205 g/mol. The van der Waals surface area contributed by atoms with Crippen molar-refractivity contribution in [2.75, 3.05) is 13.0 Å². The quantitative estimate of drug-likeness (QED) is 0.544. The van der Waals surface area contributed by atoms with Gasteiger partial charge >= 0.3 is 58.4 Å². The fourth-order valence-electron chi connectivity index (χ4n) is 1.70. The predicted molar refractivity (Wildman–Crippen MR) is 43.9 cm³/mol. The molecule has 6 heteroatoms. The zero-order chi connectivity index (χ0) is 9.35. The van der Waals surface area contributed by atoms with Crippen molar-refractivity contribution >= 4 is 6.98 Å². The van der Waals surface area contributed by atoms with Crippen LogP contribution < -0.4 is 51.4 Å². The number of halogens is 3. The summed E-state index contributed by atoms with van der Waals surface area (Å²) in [5, 5.41) is 0. The average molecular weight is 219 g/mol. The van der Waals surface area contributed by atoms with E-state index in [9.17, 15) is 12.9 Å². The maximum absolute atomic E-state index is 12.0. The van der Waals surface area contributed by atoms with E-state index >= 15 is 0 Å². The molecule has 2 atom stereocenters. The van der Waals surface area contributed by atoms with Crippen molar-refractivity contribution in [1.29, 1.82) is 0 Å². The summed E-state index contributed by atoms with van der Waals surface area (Å²) < 4.78 is 36.1. The van der Waals surface area contributed by atoms with Crippen LogP contribution in [-0.2, 0) is 0 Å². The van der Waals surface area contributed by atoms with Crippen molar-refractivity contribution in [3.8, 4) is 0 Å². The third kappa shape index (κ3) is 4.66. The van der Waals surface area contributed by atoms with E-state index in [1.54, 1.807) is 0 Å². The van der Waals surface area contributed by atoms with E-state index in [1.165, 1.54) is 4.90 Å². The van der Waals surface area contributed by atoms with Crippen molar-refractivity contribution in [3.05, 3.63) is 0 Å². The molecule has 2 unspecified atom stereocenters. The fourth-order valence-corrected chi connectivity index (χ4v) is 1.70. The summed E-state index contributed by atoms with van der Waals surface area (Å²) in [5.74, 6) is 0.406. The number of rotatable bonds is 2. The molecule has 1 fully saturated rings. The first-order valence-corrected chi connectivity index (χ1v) is 4.35. The molecule has 1 rings (SSSR count). The minimum Gasteiger partial charge on any atom is -0.448 e. The van der Waals surface area contributed by atoms with Gasteiger partial charge in [0, 0.05) is 6.04 Å². The maximum Gasteiger partial charge on any atom is 1.00 e. The minimum atomic E-state index is -4.64. The molecule has 72 valence electrons. The molecule has 0 saturated carbocycles. The Kier molecular flexibility index (Phi) is 6.13. The minimum absolute atomic E-state index is 0. The molecule has 0 amide bonds. The number of hydrogen-bond donors (Lipinski definition) is 0. The molecule has 0 aromatic rings. The van der Waals surface area contributed by atoms with Gasteiger partial charge in [-0.15, -0.1) is 0 Å². The standard InChI is InChI=1S/C7H14BF3N.K/c1-6-3-4-12(7(6)2)5-8(9,10)11;/h6-7H,3-5H2,1-2H3;/q-1;+1. The van der Waals surface area contributed by atoms with Crippen LogP contribution in [0.5, 0.6) is 0 Å². The molecule has 1 saturated heterocycles. The van der Waals surface area contributed by atoms with Crippen LogP contribution in [0.25, 0.3) is 0 Å². The Balaban J connectivity index is 0.00000144. The van der Waals surface area contributed by atoms with E-state index in [4.69, 9.17) is 0 Å². The maximum atomic E-state index is 12.0. The van der Waals surface area contributed by atoms with Gasteiger partial charge in [0.2, 0.25) is 0 Å². The predicted octanol–water partition coefficient (Wildman–Crippen LogP) is -0.893. The second-order valence-corrected chi connectivity index (χ2v) is 3.71. The van der Waals surface area contributed by atoms with E-state index < -0.39 is 13.4 Å². The smallest absolute Gasteiger partial charge is 0.448 e. The molecule has 1 aliphatic rings. The van der Waals surface area contributed by atoms with Crippen LogP contribution in [0, 0.1) is 5.92 Å². The van der Waals surface area contributed by atoms with E-state index in [2.05, 4.69) is 0 Å². The van der Waals surface area contributed by atoms with Crippen LogP contribution in [0.15, 0.2) is 0 Å². The summed E-state index contributed by atoms with van der Waals surface area (Å²) in [4.78, 5) is 1.53. The van der Waals surface area contributed by atoms with Crippen LogP contribution in [0.4, 0.5) is 12.9 Å². The fraction of sp³-hybridized carbons (Fsp3) is 1.00. The van der Waals surface area contributed by atoms with Crippen LogP contribution in [-0.4, -0.2) is 30.9 Å². The molecule has 0 spiro atoms. The zero-order valence-electron chi connectivity index (χ0n) is 8.43. The van der Waals surface area contributed by atoms with E-state index in [-0.39, 0.29) is 57.4 Å². The van der Waals surface area contributed by atoms with Gasteiger partial charge in [0.15, 0.2) is 0 Å². The van der Waals surface area contributed by atoms with Gasteiger partial charge < -0.3 is 17.8 Å². The number of hydrogen-bond acceptors (Lipinski definition) is 1. The van der Waals surface area contributed by atoms with E-state index in [0.717, 1.165) is 6.42 Å². The summed E-state index contributed by atoms with van der Waals surface area (Å²) >= 11 is 0. The number of nitrogens with zero attached hydrogens (tertiary/aromatic N) is 1. The molecule has 0 aromatic carbocycles. The Hall–Kier alpha value is 1.45. The molecule has 0 radical (unpaired) electrons. The second-order valence-electron chi connectivity index (χ2n) is 3.71. The SMILES string of the molecule is CC1CCN(C[B-](F)(F)F)C1C.[K+]. The third-order valence-electron chi connectivity index (χ3n) is 2.71. The Morgan fingerprint density at radius 2 is 1.85 bits per heavy atom. The molecule has 0 aromatic heterocycles. The molecular formula is C7H14BF3KN. The van der Waals surface area contributed by atoms with Crippen molar-refractivity contribution < 1.29 is 64.3 Å². The first-order chi connectivity index (χ1) is 5.40. The summed E-state index contributed by atoms with van der Waals surface area (Å²) in [6.45, 7) is -0.156. The van der Waals surface area contributed by atoms with Gasteiger partial charge in [0.05, 0.1) is 0 Å². The summed E-state index contributed by atoms with van der Waals surface area (Å²) in [7, 11) is 0. The molecule has 0 bridgehead atoms. The van der Waals surface area contributed by atoms with Gasteiger partial charge in [-0.1, -0.05) is 6.92 Å². The van der Waals surface area contributed by atoms with Crippen LogP contribution in [0.1, 0.15) is 20.3 Å². The molecule has 0 aliphatic carbocycles. The topological polar surface area (TPSA) is 3.24 Å².